The normalized spacial score (nSPS) is 17.5. The van der Waals surface area contributed by atoms with Crippen molar-refractivity contribution in [1.82, 2.24) is 15.2 Å². The zero-order chi connectivity index (χ0) is 24.0. The monoisotopic (exact) mass is 475 g/mol. The minimum atomic E-state index is -0.320. The Bertz CT molecular complexity index is 1350. The average Bonchev–Trinajstić information content (AvgIpc) is 3.19. The van der Waals surface area contributed by atoms with Crippen LogP contribution in [0.3, 0.4) is 0 Å². The molecule has 0 bridgehead atoms. The molecule has 0 aliphatic carbocycles. The number of nitrogens with zero attached hydrogens (tertiary/aromatic N) is 3. The summed E-state index contributed by atoms with van der Waals surface area (Å²) < 4.78 is 0. The molecule has 0 unspecified atom stereocenters. The largest absolute Gasteiger partial charge is 0.347 e. The number of likely N-dealkylation sites (tertiary alicyclic amines) is 1. The number of carbonyl (C=O) groups excluding carboxylic acids is 3. The van der Waals surface area contributed by atoms with Crippen LogP contribution in [0.5, 0.6) is 0 Å². The molecule has 2 aliphatic heterocycles. The van der Waals surface area contributed by atoms with E-state index in [9.17, 15) is 14.4 Å². The van der Waals surface area contributed by atoms with Crippen molar-refractivity contribution in [1.29, 1.82) is 0 Å². The van der Waals surface area contributed by atoms with Crippen LogP contribution in [-0.2, 0) is 4.79 Å². The minimum absolute atomic E-state index is 0.136. The Balaban J connectivity index is 1.49. The maximum absolute atomic E-state index is 13.3. The molecule has 0 spiro atoms. The van der Waals surface area contributed by atoms with Crippen molar-refractivity contribution in [2.75, 3.05) is 23.3 Å². The average molecular weight is 476 g/mol. The summed E-state index contributed by atoms with van der Waals surface area (Å²) in [5.74, 6) is -0.411. The van der Waals surface area contributed by atoms with Crippen LogP contribution in [0.4, 0.5) is 21.9 Å². The lowest BCUT2D eigenvalue weighted by atomic mass is 10.0. The third-order valence-corrected chi connectivity index (χ3v) is 7.38. The van der Waals surface area contributed by atoms with Crippen LogP contribution in [0.15, 0.2) is 43.1 Å². The second-order valence-corrected chi connectivity index (χ2v) is 9.67. The fourth-order valence-corrected chi connectivity index (χ4v) is 5.74. The molecule has 3 aromatic rings. The maximum atomic E-state index is 13.3. The SMILES string of the molecule is C=CC(=O)N1CCC[C@@H](NC(=O)c2sc3nccc4c3c2NC(=O)N4c2ccc(C)cc2C)C1. The quantitative estimate of drug-likeness (QED) is 0.543. The highest BCUT2D eigenvalue weighted by molar-refractivity contribution is 7.21. The molecular formula is C25H25N5O3S. The predicted octanol–water partition coefficient (Wildman–Crippen LogP) is 4.50. The summed E-state index contributed by atoms with van der Waals surface area (Å²) in [6.45, 7) is 8.63. The number of benzene rings is 1. The van der Waals surface area contributed by atoms with Gasteiger partial charge in [0.15, 0.2) is 0 Å². The van der Waals surface area contributed by atoms with Crippen LogP contribution in [0, 0.1) is 13.8 Å². The molecule has 34 heavy (non-hydrogen) atoms. The molecule has 2 aliphatic rings. The summed E-state index contributed by atoms with van der Waals surface area (Å²) in [5, 5.41) is 6.74. The number of thiophene rings is 1. The summed E-state index contributed by atoms with van der Waals surface area (Å²) in [4.78, 5) is 47.4. The number of piperidine rings is 1. The number of urea groups is 1. The van der Waals surface area contributed by atoms with E-state index in [4.69, 9.17) is 0 Å². The van der Waals surface area contributed by atoms with Gasteiger partial charge in [-0.05, 0) is 50.5 Å². The van der Waals surface area contributed by atoms with Gasteiger partial charge < -0.3 is 15.5 Å². The van der Waals surface area contributed by atoms with E-state index in [2.05, 4.69) is 22.2 Å². The van der Waals surface area contributed by atoms with E-state index in [1.54, 1.807) is 22.1 Å². The first-order valence-electron chi connectivity index (χ1n) is 11.2. The minimum Gasteiger partial charge on any atom is -0.347 e. The molecule has 9 heteroatoms. The molecule has 8 nitrogen and oxygen atoms in total. The van der Waals surface area contributed by atoms with Gasteiger partial charge in [-0.2, -0.15) is 0 Å². The number of aromatic nitrogens is 1. The van der Waals surface area contributed by atoms with E-state index < -0.39 is 0 Å². The highest BCUT2D eigenvalue weighted by Crippen LogP contribution is 2.46. The number of nitrogens with one attached hydrogen (secondary N) is 2. The molecule has 1 atom stereocenters. The van der Waals surface area contributed by atoms with Crippen LogP contribution in [0.1, 0.15) is 33.6 Å². The molecule has 1 aromatic carbocycles. The first-order chi connectivity index (χ1) is 16.4. The van der Waals surface area contributed by atoms with E-state index in [1.165, 1.54) is 17.4 Å². The summed E-state index contributed by atoms with van der Waals surface area (Å²) in [5.41, 5.74) is 4.07. The third kappa shape index (κ3) is 3.71. The first-order valence-corrected chi connectivity index (χ1v) is 12.0. The van der Waals surface area contributed by atoms with Gasteiger partial charge in [0.2, 0.25) is 5.91 Å². The van der Waals surface area contributed by atoms with Crippen LogP contribution >= 0.6 is 11.3 Å². The van der Waals surface area contributed by atoms with Crippen molar-refractivity contribution in [3.8, 4) is 0 Å². The lowest BCUT2D eigenvalue weighted by Crippen LogP contribution is -2.49. The molecule has 5 rings (SSSR count). The Morgan fingerprint density at radius 1 is 1.26 bits per heavy atom. The standard InChI is InChI=1S/C25H25N5O3S/c1-4-19(31)29-11-5-6-16(13-29)27-23(32)22-21-20-18(9-10-26-24(20)34-22)30(25(33)28-21)17-8-7-14(2)12-15(17)3/h4,7-10,12,16H,1,5-6,11,13H2,2-3H3,(H,27,32)(H,28,33)/t16-/m1/s1. The van der Waals surface area contributed by atoms with Crippen molar-refractivity contribution in [3.63, 3.8) is 0 Å². The van der Waals surface area contributed by atoms with Gasteiger partial charge in [-0.15, -0.1) is 11.3 Å². The van der Waals surface area contributed by atoms with E-state index in [1.807, 2.05) is 32.0 Å². The second kappa shape index (κ2) is 8.57. The Morgan fingerprint density at radius 3 is 2.85 bits per heavy atom. The lowest BCUT2D eigenvalue weighted by molar-refractivity contribution is -0.127. The van der Waals surface area contributed by atoms with E-state index in [0.717, 1.165) is 35.0 Å². The molecule has 2 N–H and O–H groups in total. The van der Waals surface area contributed by atoms with Crippen molar-refractivity contribution in [2.24, 2.45) is 0 Å². The van der Waals surface area contributed by atoms with Crippen molar-refractivity contribution < 1.29 is 14.4 Å². The Labute approximate surface area is 201 Å². The number of hydrogen-bond acceptors (Lipinski definition) is 5. The van der Waals surface area contributed by atoms with Gasteiger partial charge in [0.1, 0.15) is 9.71 Å². The molecule has 1 fully saturated rings. The van der Waals surface area contributed by atoms with Crippen LogP contribution in [0.2, 0.25) is 0 Å². The number of pyridine rings is 1. The van der Waals surface area contributed by atoms with Gasteiger partial charge in [-0.3, -0.25) is 14.5 Å². The van der Waals surface area contributed by atoms with Crippen LogP contribution in [0.25, 0.3) is 10.2 Å². The van der Waals surface area contributed by atoms with Crippen molar-refractivity contribution >= 4 is 56.5 Å². The van der Waals surface area contributed by atoms with Gasteiger partial charge in [-0.1, -0.05) is 24.3 Å². The molecule has 4 heterocycles. The fourth-order valence-electron chi connectivity index (χ4n) is 4.71. The van der Waals surface area contributed by atoms with Crippen LogP contribution in [-0.4, -0.2) is 46.9 Å². The van der Waals surface area contributed by atoms with Crippen LogP contribution < -0.4 is 15.5 Å². The number of rotatable bonds is 4. The van der Waals surface area contributed by atoms with E-state index >= 15 is 0 Å². The highest BCUT2D eigenvalue weighted by Gasteiger charge is 2.34. The van der Waals surface area contributed by atoms with Gasteiger partial charge >= 0.3 is 6.03 Å². The number of amides is 4. The summed E-state index contributed by atoms with van der Waals surface area (Å²) in [7, 11) is 0. The lowest BCUT2D eigenvalue weighted by Gasteiger charge is -2.32. The molecule has 1 saturated heterocycles. The molecule has 4 amide bonds. The molecular weight excluding hydrogens is 450 g/mol. The zero-order valence-electron chi connectivity index (χ0n) is 19.1. The van der Waals surface area contributed by atoms with Gasteiger partial charge in [0, 0.05) is 25.3 Å². The molecule has 0 radical (unpaired) electrons. The number of anilines is 3. The predicted molar refractivity (Wildman–Crippen MR) is 134 cm³/mol. The van der Waals surface area contributed by atoms with Crippen molar-refractivity contribution in [3.05, 3.63) is 59.1 Å². The van der Waals surface area contributed by atoms with Gasteiger partial charge in [0.25, 0.3) is 5.91 Å². The summed E-state index contributed by atoms with van der Waals surface area (Å²) in [6, 6.07) is 7.26. The fraction of sp³-hybridized carbons (Fsp3) is 0.280. The number of hydrogen-bond donors (Lipinski definition) is 2. The Morgan fingerprint density at radius 2 is 2.09 bits per heavy atom. The Kier molecular flexibility index (Phi) is 5.57. The number of aryl methyl sites for hydroxylation is 2. The topological polar surface area (TPSA) is 94.6 Å². The third-order valence-electron chi connectivity index (χ3n) is 6.29. The maximum Gasteiger partial charge on any atom is 0.331 e. The number of carbonyl (C=O) groups is 3. The van der Waals surface area contributed by atoms with E-state index in [-0.39, 0.29) is 23.9 Å². The molecule has 174 valence electrons. The zero-order valence-corrected chi connectivity index (χ0v) is 19.9. The summed E-state index contributed by atoms with van der Waals surface area (Å²) >= 11 is 1.26. The van der Waals surface area contributed by atoms with Gasteiger partial charge in [0.05, 0.1) is 22.4 Å². The van der Waals surface area contributed by atoms with Crippen molar-refractivity contribution in [2.45, 2.75) is 32.7 Å². The molecule has 2 aromatic heterocycles. The van der Waals surface area contributed by atoms with Gasteiger partial charge in [-0.25, -0.2) is 9.78 Å². The second-order valence-electron chi connectivity index (χ2n) is 8.67. The molecule has 0 saturated carbocycles. The highest BCUT2D eigenvalue weighted by atomic mass is 32.1. The first kappa shape index (κ1) is 22.1. The Hall–Kier alpha value is -3.72. The van der Waals surface area contributed by atoms with E-state index in [0.29, 0.717) is 34.2 Å². The summed E-state index contributed by atoms with van der Waals surface area (Å²) in [6.07, 6.45) is 4.54. The smallest absolute Gasteiger partial charge is 0.331 e.